The van der Waals surface area contributed by atoms with Crippen LogP contribution in [0, 0.1) is 0 Å². The van der Waals surface area contributed by atoms with Crippen LogP contribution in [0.3, 0.4) is 0 Å². The highest BCUT2D eigenvalue weighted by molar-refractivity contribution is 7.92. The minimum atomic E-state index is -4.25. The van der Waals surface area contributed by atoms with Crippen molar-refractivity contribution in [1.29, 1.82) is 0 Å². The normalized spacial score (nSPS) is 12.5. The smallest absolute Gasteiger partial charge is 0.264 e. The van der Waals surface area contributed by atoms with Gasteiger partial charge >= 0.3 is 0 Å². The highest BCUT2D eigenvalue weighted by Gasteiger charge is 2.35. The van der Waals surface area contributed by atoms with Gasteiger partial charge in [0.05, 0.1) is 17.2 Å². The monoisotopic (exact) mass is 695 g/mol. The Morgan fingerprint density at radius 3 is 2.00 bits per heavy atom. The predicted molar refractivity (Wildman–Crippen MR) is 187 cm³/mol. The number of ether oxygens (including phenoxy) is 1. The topological polar surface area (TPSA) is 96.0 Å². The first-order valence-electron chi connectivity index (χ1n) is 15.4. The number of halogens is 2. The van der Waals surface area contributed by atoms with Gasteiger partial charge in [0.1, 0.15) is 18.3 Å². The van der Waals surface area contributed by atoms with Gasteiger partial charge in [0.15, 0.2) is 0 Å². The Balaban J connectivity index is 1.81. The van der Waals surface area contributed by atoms with Gasteiger partial charge in [-0.25, -0.2) is 8.42 Å². The quantitative estimate of drug-likeness (QED) is 0.143. The maximum atomic E-state index is 14.6. The molecule has 0 aliphatic carbocycles. The minimum absolute atomic E-state index is 0.0198. The van der Waals surface area contributed by atoms with E-state index in [1.54, 1.807) is 60.7 Å². The van der Waals surface area contributed by atoms with E-state index in [-0.39, 0.29) is 35.5 Å². The van der Waals surface area contributed by atoms with E-state index in [0.717, 1.165) is 9.87 Å². The Kier molecular flexibility index (Phi) is 12.7. The Labute approximate surface area is 287 Å². The van der Waals surface area contributed by atoms with Crippen LogP contribution in [-0.2, 0) is 32.6 Å². The van der Waals surface area contributed by atoms with Gasteiger partial charge in [-0.05, 0) is 74.4 Å². The number of rotatable bonds is 15. The summed E-state index contributed by atoms with van der Waals surface area (Å²) in [6, 6.07) is 27.6. The maximum Gasteiger partial charge on any atom is 0.264 e. The molecule has 0 saturated heterocycles. The fourth-order valence-electron chi connectivity index (χ4n) is 4.97. The average molecular weight is 697 g/mol. The van der Waals surface area contributed by atoms with Crippen molar-refractivity contribution >= 4 is 50.7 Å². The molecule has 0 heterocycles. The number of benzene rings is 4. The van der Waals surface area contributed by atoms with E-state index < -0.39 is 28.5 Å². The lowest BCUT2D eigenvalue weighted by atomic mass is 10.0. The lowest BCUT2D eigenvalue weighted by Gasteiger charge is -2.34. The molecule has 0 fully saturated rings. The zero-order chi connectivity index (χ0) is 34.0. The molecule has 0 radical (unpaired) electrons. The van der Waals surface area contributed by atoms with Crippen molar-refractivity contribution < 1.29 is 22.7 Å². The van der Waals surface area contributed by atoms with Crippen molar-refractivity contribution in [2.24, 2.45) is 0 Å². The van der Waals surface area contributed by atoms with Crippen LogP contribution in [0.2, 0.25) is 10.0 Å². The molecule has 0 saturated carbocycles. The van der Waals surface area contributed by atoms with Gasteiger partial charge in [-0.2, -0.15) is 0 Å². The molecule has 2 atom stereocenters. The number of para-hydroxylation sites is 1. The first-order valence-corrected chi connectivity index (χ1v) is 17.6. The van der Waals surface area contributed by atoms with E-state index in [4.69, 9.17) is 27.9 Å². The van der Waals surface area contributed by atoms with Crippen molar-refractivity contribution in [2.45, 2.75) is 57.1 Å². The van der Waals surface area contributed by atoms with E-state index >= 15 is 0 Å². The fourth-order valence-corrected chi connectivity index (χ4v) is 6.90. The van der Waals surface area contributed by atoms with Crippen molar-refractivity contribution in [1.82, 2.24) is 10.2 Å². The van der Waals surface area contributed by atoms with E-state index in [1.807, 2.05) is 51.1 Å². The molecular formula is C36H39Cl2N3O5S. The number of carbonyl (C=O) groups excluding carboxylic acids is 2. The molecule has 4 rings (SSSR count). The summed E-state index contributed by atoms with van der Waals surface area (Å²) in [6.45, 7) is 5.38. The van der Waals surface area contributed by atoms with E-state index in [1.165, 1.54) is 17.0 Å². The Morgan fingerprint density at radius 2 is 1.43 bits per heavy atom. The predicted octanol–water partition coefficient (Wildman–Crippen LogP) is 7.14. The molecule has 0 aliphatic heterocycles. The molecular weight excluding hydrogens is 657 g/mol. The van der Waals surface area contributed by atoms with Gasteiger partial charge in [-0.3, -0.25) is 13.9 Å². The summed E-state index contributed by atoms with van der Waals surface area (Å²) in [7, 11) is -4.25. The van der Waals surface area contributed by atoms with Crippen LogP contribution in [0.15, 0.2) is 108 Å². The molecule has 0 spiro atoms. The van der Waals surface area contributed by atoms with Crippen molar-refractivity contribution in [3.05, 3.63) is 124 Å². The first-order chi connectivity index (χ1) is 22.5. The summed E-state index contributed by atoms with van der Waals surface area (Å²) in [6.07, 6.45) is 0.851. The molecule has 0 aromatic heterocycles. The SMILES string of the molecule is CCOc1ccc(S(=O)(=O)N(CC(=O)N(Cc2c(Cl)cccc2Cl)[C@H](Cc2ccccc2)C(=O)N[C@@H](C)CC)c2ccccc2)cc1. The number of hydrogen-bond donors (Lipinski definition) is 1. The Hall–Kier alpha value is -4.05. The second-order valence-corrected chi connectivity index (χ2v) is 13.7. The van der Waals surface area contributed by atoms with Gasteiger partial charge in [-0.1, -0.05) is 84.7 Å². The van der Waals surface area contributed by atoms with Gasteiger partial charge in [-0.15, -0.1) is 0 Å². The highest BCUT2D eigenvalue weighted by atomic mass is 35.5. The van der Waals surface area contributed by atoms with Crippen LogP contribution in [-0.4, -0.2) is 50.4 Å². The zero-order valence-electron chi connectivity index (χ0n) is 26.6. The van der Waals surface area contributed by atoms with Crippen LogP contribution >= 0.6 is 23.2 Å². The lowest BCUT2D eigenvalue weighted by molar-refractivity contribution is -0.140. The van der Waals surface area contributed by atoms with Crippen LogP contribution in [0.1, 0.15) is 38.3 Å². The summed E-state index contributed by atoms with van der Waals surface area (Å²) < 4.78 is 34.9. The van der Waals surface area contributed by atoms with E-state index in [0.29, 0.717) is 34.4 Å². The molecule has 1 N–H and O–H groups in total. The molecule has 0 bridgehead atoms. The third kappa shape index (κ3) is 9.28. The average Bonchev–Trinajstić information content (AvgIpc) is 3.07. The summed E-state index contributed by atoms with van der Waals surface area (Å²) in [5.41, 5.74) is 1.55. The summed E-state index contributed by atoms with van der Waals surface area (Å²) in [5.74, 6) is -0.465. The van der Waals surface area contributed by atoms with Crippen molar-refractivity contribution in [3.63, 3.8) is 0 Å². The third-order valence-electron chi connectivity index (χ3n) is 7.71. The molecule has 0 unspecified atom stereocenters. The maximum absolute atomic E-state index is 14.6. The summed E-state index contributed by atoms with van der Waals surface area (Å²) in [5, 5.41) is 3.65. The number of anilines is 1. The van der Waals surface area contributed by atoms with Gasteiger partial charge in [0.25, 0.3) is 10.0 Å². The third-order valence-corrected chi connectivity index (χ3v) is 10.2. The molecule has 248 valence electrons. The van der Waals surface area contributed by atoms with Crippen LogP contribution in [0.4, 0.5) is 5.69 Å². The molecule has 2 amide bonds. The number of amides is 2. The van der Waals surface area contributed by atoms with Crippen molar-refractivity contribution in [3.8, 4) is 5.75 Å². The summed E-state index contributed by atoms with van der Waals surface area (Å²) in [4.78, 5) is 29.9. The largest absolute Gasteiger partial charge is 0.494 e. The number of hydrogen-bond acceptors (Lipinski definition) is 5. The second-order valence-electron chi connectivity index (χ2n) is 11.0. The lowest BCUT2D eigenvalue weighted by Crippen LogP contribution is -2.54. The molecule has 0 aliphatic rings. The molecule has 11 heteroatoms. The standard InChI is InChI=1S/C36H39Cl2N3O5S/c1-4-26(3)39-36(43)34(23-27-13-8-6-9-14-27)40(24-31-32(37)17-12-18-33(31)38)35(42)25-41(28-15-10-7-11-16-28)47(44,45)30-21-19-29(20-22-30)46-5-2/h6-22,26,34H,4-5,23-25H2,1-3H3,(H,39,43)/t26-,34+/m0/s1. The van der Waals surface area contributed by atoms with E-state index in [2.05, 4.69) is 5.32 Å². The second kappa shape index (κ2) is 16.7. The van der Waals surface area contributed by atoms with Gasteiger partial charge < -0.3 is 15.0 Å². The first kappa shape index (κ1) is 35.8. The number of sulfonamides is 1. The highest BCUT2D eigenvalue weighted by Crippen LogP contribution is 2.29. The van der Waals surface area contributed by atoms with Crippen molar-refractivity contribution in [2.75, 3.05) is 17.5 Å². The minimum Gasteiger partial charge on any atom is -0.494 e. The molecule has 8 nitrogen and oxygen atoms in total. The Bertz CT molecular complexity index is 1720. The number of nitrogens with zero attached hydrogens (tertiary/aromatic N) is 2. The number of nitrogens with one attached hydrogen (secondary N) is 1. The van der Waals surface area contributed by atoms with Crippen LogP contribution in [0.25, 0.3) is 0 Å². The fraction of sp³-hybridized carbons (Fsp3) is 0.278. The number of carbonyl (C=O) groups is 2. The molecule has 4 aromatic rings. The summed E-state index contributed by atoms with van der Waals surface area (Å²) >= 11 is 13.2. The van der Waals surface area contributed by atoms with Gasteiger partial charge in [0, 0.05) is 34.6 Å². The van der Waals surface area contributed by atoms with Crippen LogP contribution < -0.4 is 14.4 Å². The molecule has 4 aromatic carbocycles. The Morgan fingerprint density at radius 1 is 0.830 bits per heavy atom. The zero-order valence-corrected chi connectivity index (χ0v) is 28.9. The van der Waals surface area contributed by atoms with E-state index in [9.17, 15) is 18.0 Å². The van der Waals surface area contributed by atoms with Crippen LogP contribution in [0.5, 0.6) is 5.75 Å². The molecule has 47 heavy (non-hydrogen) atoms. The van der Waals surface area contributed by atoms with Gasteiger partial charge in [0.2, 0.25) is 11.8 Å².